The molecule has 1 amide bonds. The summed E-state index contributed by atoms with van der Waals surface area (Å²) in [5.41, 5.74) is 1.77. The van der Waals surface area contributed by atoms with Gasteiger partial charge in [0.1, 0.15) is 5.82 Å². The van der Waals surface area contributed by atoms with Gasteiger partial charge < -0.3 is 10.1 Å². The zero-order valence-corrected chi connectivity index (χ0v) is 18.9. The predicted molar refractivity (Wildman–Crippen MR) is 119 cm³/mol. The van der Waals surface area contributed by atoms with Gasteiger partial charge in [-0.1, -0.05) is 18.2 Å². The van der Waals surface area contributed by atoms with Gasteiger partial charge in [0, 0.05) is 25.1 Å². The van der Waals surface area contributed by atoms with E-state index in [0.29, 0.717) is 37.7 Å². The van der Waals surface area contributed by atoms with Crippen LogP contribution in [0.5, 0.6) is 0 Å². The Hall–Kier alpha value is -2.72. The van der Waals surface area contributed by atoms with Gasteiger partial charge in [0.15, 0.2) is 6.61 Å². The molecule has 0 unspecified atom stereocenters. The summed E-state index contributed by atoms with van der Waals surface area (Å²) in [5, 5.41) is 7.44. The molecule has 2 fully saturated rings. The molecule has 32 heavy (non-hydrogen) atoms. The molecule has 1 aromatic heterocycles. The van der Waals surface area contributed by atoms with E-state index in [4.69, 9.17) is 4.74 Å². The Morgan fingerprint density at radius 1 is 1.12 bits per heavy atom. The topological polar surface area (TPSA) is 111 Å². The predicted octanol–water partition coefficient (Wildman–Crippen LogP) is 2.29. The quantitative estimate of drug-likeness (QED) is 0.605. The van der Waals surface area contributed by atoms with Crippen molar-refractivity contribution in [3.8, 4) is 5.69 Å². The van der Waals surface area contributed by atoms with Crippen LogP contribution in [0.2, 0.25) is 0 Å². The molecule has 10 heteroatoms. The first-order chi connectivity index (χ1) is 15.4. The highest BCUT2D eigenvalue weighted by atomic mass is 32.2. The van der Waals surface area contributed by atoms with Crippen LogP contribution in [-0.2, 0) is 24.3 Å². The number of amides is 1. The number of sulfonamides is 1. The minimum Gasteiger partial charge on any atom is -0.455 e. The lowest BCUT2D eigenvalue weighted by molar-refractivity contribution is -0.152. The first kappa shape index (κ1) is 22.5. The Labute approximate surface area is 187 Å². The molecule has 1 saturated heterocycles. The highest BCUT2D eigenvalue weighted by molar-refractivity contribution is 7.89. The number of anilines is 1. The van der Waals surface area contributed by atoms with Crippen LogP contribution in [0, 0.1) is 5.92 Å². The second-order valence-electron chi connectivity index (χ2n) is 8.21. The van der Waals surface area contributed by atoms with Gasteiger partial charge in [0.2, 0.25) is 10.0 Å². The fourth-order valence-electron chi connectivity index (χ4n) is 3.82. The average Bonchev–Trinajstić information content (AvgIpc) is 3.58. The van der Waals surface area contributed by atoms with Gasteiger partial charge in [0.05, 0.1) is 23.1 Å². The number of hydrogen-bond donors (Lipinski definition) is 1. The lowest BCUT2D eigenvalue weighted by Crippen LogP contribution is -2.41. The van der Waals surface area contributed by atoms with Gasteiger partial charge in [-0.15, -0.1) is 0 Å². The van der Waals surface area contributed by atoms with Crippen molar-refractivity contribution in [2.24, 2.45) is 5.92 Å². The average molecular weight is 461 g/mol. The molecule has 0 bridgehead atoms. The third kappa shape index (κ3) is 5.18. The number of nitrogens with one attached hydrogen (secondary N) is 1. The summed E-state index contributed by atoms with van der Waals surface area (Å²) in [4.78, 5) is 24.9. The van der Waals surface area contributed by atoms with Crippen LogP contribution in [0.25, 0.3) is 5.69 Å². The van der Waals surface area contributed by atoms with Gasteiger partial charge >= 0.3 is 5.97 Å². The Kier molecular flexibility index (Phi) is 6.61. The highest BCUT2D eigenvalue weighted by Crippen LogP contribution is 2.40. The highest BCUT2D eigenvalue weighted by Gasteiger charge is 2.31. The summed E-state index contributed by atoms with van der Waals surface area (Å²) >= 11 is 0. The van der Waals surface area contributed by atoms with E-state index in [9.17, 15) is 18.0 Å². The lowest BCUT2D eigenvalue weighted by atomic mass is 9.98. The number of piperidine rings is 1. The summed E-state index contributed by atoms with van der Waals surface area (Å²) in [6, 6.07) is 11.4. The normalized spacial score (nSPS) is 17.8. The summed E-state index contributed by atoms with van der Waals surface area (Å²) in [7, 11) is -3.25. The molecule has 9 nitrogen and oxygen atoms in total. The fourth-order valence-corrected chi connectivity index (χ4v) is 4.95. The van der Waals surface area contributed by atoms with Crippen molar-refractivity contribution < 1.29 is 22.7 Å². The van der Waals surface area contributed by atoms with Crippen molar-refractivity contribution >= 4 is 27.7 Å². The summed E-state index contributed by atoms with van der Waals surface area (Å²) in [6.07, 6.45) is 2.97. The monoisotopic (exact) mass is 460 g/mol. The largest absolute Gasteiger partial charge is 0.455 e. The number of ether oxygens (including phenoxy) is 1. The maximum atomic E-state index is 12.5. The van der Waals surface area contributed by atoms with Gasteiger partial charge in [0.25, 0.3) is 5.91 Å². The molecule has 1 aliphatic carbocycles. The van der Waals surface area contributed by atoms with Crippen molar-refractivity contribution in [3.63, 3.8) is 0 Å². The number of carbonyl (C=O) groups excluding carboxylic acids is 2. The fraction of sp³-hybridized carbons (Fsp3) is 0.500. The Balaban J connectivity index is 1.32. The number of carbonyl (C=O) groups is 2. The number of benzene rings is 1. The Morgan fingerprint density at radius 3 is 2.44 bits per heavy atom. The van der Waals surface area contributed by atoms with Crippen molar-refractivity contribution in [2.45, 2.75) is 38.5 Å². The van der Waals surface area contributed by atoms with Gasteiger partial charge in [-0.25, -0.2) is 17.4 Å². The van der Waals surface area contributed by atoms with Crippen LogP contribution in [0.1, 0.15) is 44.2 Å². The van der Waals surface area contributed by atoms with Crippen LogP contribution >= 0.6 is 0 Å². The number of para-hydroxylation sites is 1. The van der Waals surface area contributed by atoms with Crippen LogP contribution < -0.4 is 5.32 Å². The van der Waals surface area contributed by atoms with Crippen molar-refractivity contribution in [2.75, 3.05) is 30.8 Å². The van der Waals surface area contributed by atoms with E-state index in [0.717, 1.165) is 24.2 Å². The van der Waals surface area contributed by atoms with Crippen molar-refractivity contribution in [3.05, 3.63) is 42.1 Å². The summed E-state index contributed by atoms with van der Waals surface area (Å²) in [5.74, 6) is -0.298. The first-order valence-corrected chi connectivity index (χ1v) is 12.6. The van der Waals surface area contributed by atoms with Crippen LogP contribution in [0.3, 0.4) is 0 Å². The molecule has 172 valence electrons. The molecule has 1 aliphatic heterocycles. The number of nitrogens with zero attached hydrogens (tertiary/aromatic N) is 3. The van der Waals surface area contributed by atoms with E-state index in [1.807, 2.05) is 36.4 Å². The number of hydrogen-bond acceptors (Lipinski definition) is 6. The van der Waals surface area contributed by atoms with Crippen LogP contribution in [-0.4, -0.2) is 59.8 Å². The van der Waals surface area contributed by atoms with E-state index in [1.165, 1.54) is 4.31 Å². The van der Waals surface area contributed by atoms with Crippen molar-refractivity contribution in [1.82, 2.24) is 14.1 Å². The third-order valence-corrected chi connectivity index (χ3v) is 7.76. The molecule has 0 radical (unpaired) electrons. The zero-order valence-electron chi connectivity index (χ0n) is 18.1. The summed E-state index contributed by atoms with van der Waals surface area (Å²) in [6.45, 7) is 1.79. The molecule has 4 rings (SSSR count). The first-order valence-electron chi connectivity index (χ1n) is 11.0. The molecule has 2 heterocycles. The van der Waals surface area contributed by atoms with E-state index < -0.39 is 34.4 Å². The Morgan fingerprint density at radius 2 is 1.81 bits per heavy atom. The number of rotatable bonds is 8. The molecular formula is C22H28N4O5S. The smallest absolute Gasteiger partial charge is 0.309 e. The minimum absolute atomic E-state index is 0.0459. The minimum atomic E-state index is -3.25. The zero-order chi connectivity index (χ0) is 22.7. The van der Waals surface area contributed by atoms with Gasteiger partial charge in [-0.05, 0) is 44.7 Å². The molecule has 0 atom stereocenters. The maximum Gasteiger partial charge on any atom is 0.309 e. The van der Waals surface area contributed by atoms with E-state index in [-0.39, 0.29) is 5.75 Å². The molecular weight excluding hydrogens is 432 g/mol. The van der Waals surface area contributed by atoms with Crippen LogP contribution in [0.4, 0.5) is 5.82 Å². The number of esters is 1. The van der Waals surface area contributed by atoms with Gasteiger partial charge in [-0.2, -0.15) is 5.10 Å². The Bertz CT molecular complexity index is 1070. The van der Waals surface area contributed by atoms with E-state index >= 15 is 0 Å². The molecule has 1 saturated carbocycles. The van der Waals surface area contributed by atoms with Crippen molar-refractivity contribution in [1.29, 1.82) is 0 Å². The van der Waals surface area contributed by atoms with E-state index in [1.54, 1.807) is 11.6 Å². The maximum absolute atomic E-state index is 12.5. The lowest BCUT2D eigenvalue weighted by Gasteiger charge is -2.29. The third-order valence-electron chi connectivity index (χ3n) is 5.88. The van der Waals surface area contributed by atoms with Crippen LogP contribution in [0.15, 0.2) is 36.4 Å². The standard InChI is InChI=1S/C22H28N4O5S/c1-2-32(29,30)25-12-10-17(11-13-25)22(28)31-15-21(27)23-20-14-19(16-8-9-16)24-26(20)18-6-4-3-5-7-18/h3-7,14,16-17H,2,8-13,15H2,1H3,(H,23,27). The molecule has 0 spiro atoms. The summed E-state index contributed by atoms with van der Waals surface area (Å²) < 4.78 is 32.2. The molecule has 2 aliphatic rings. The van der Waals surface area contributed by atoms with Gasteiger partial charge in [-0.3, -0.25) is 9.59 Å². The molecule has 2 aromatic rings. The molecule has 1 aromatic carbocycles. The second-order valence-corrected chi connectivity index (χ2v) is 10.5. The number of aromatic nitrogens is 2. The van der Waals surface area contributed by atoms with E-state index in [2.05, 4.69) is 10.4 Å². The SMILES string of the molecule is CCS(=O)(=O)N1CCC(C(=O)OCC(=O)Nc2cc(C3CC3)nn2-c2ccccc2)CC1. The second kappa shape index (κ2) is 9.41. The molecule has 1 N–H and O–H groups in total.